The van der Waals surface area contributed by atoms with Gasteiger partial charge >= 0.3 is 6.18 Å². The van der Waals surface area contributed by atoms with Crippen molar-refractivity contribution >= 4 is 23.2 Å². The molecule has 0 radical (unpaired) electrons. The van der Waals surface area contributed by atoms with Crippen molar-refractivity contribution in [3.63, 3.8) is 0 Å². The largest absolute Gasteiger partial charge is 0.416 e. The van der Waals surface area contributed by atoms with Crippen LogP contribution >= 0.6 is 11.6 Å². The first kappa shape index (κ1) is 21.7. The number of carbonyl (C=O) groups excluding carboxylic acids is 1. The minimum absolute atomic E-state index is 0.0773. The summed E-state index contributed by atoms with van der Waals surface area (Å²) in [6.07, 6.45) is -3.55. The highest BCUT2D eigenvalue weighted by molar-refractivity contribution is 6.30. The summed E-state index contributed by atoms with van der Waals surface area (Å²) >= 11 is 5.77. The molecule has 1 spiro atoms. The van der Waals surface area contributed by atoms with E-state index >= 15 is 0 Å². The number of alkyl halides is 3. The average molecular weight is 468 g/mol. The molecule has 5 rings (SSSR count). The van der Waals surface area contributed by atoms with Crippen LogP contribution in [-0.2, 0) is 26.2 Å². The van der Waals surface area contributed by atoms with E-state index in [4.69, 9.17) is 21.1 Å². The van der Waals surface area contributed by atoms with Crippen LogP contribution < -0.4 is 4.90 Å². The summed E-state index contributed by atoms with van der Waals surface area (Å²) in [7, 11) is 0. The lowest BCUT2D eigenvalue weighted by Gasteiger charge is -2.32. The van der Waals surface area contributed by atoms with Crippen molar-refractivity contribution in [3.8, 4) is 0 Å². The molecule has 1 aliphatic carbocycles. The molecule has 1 saturated carbocycles. The van der Waals surface area contributed by atoms with Crippen molar-refractivity contribution in [3.05, 3.63) is 63.7 Å². The van der Waals surface area contributed by atoms with Crippen molar-refractivity contribution in [2.45, 2.75) is 37.3 Å². The number of carbonyl (C=O) groups is 1. The number of hydrogen-bond acceptors (Lipinski definition) is 4. The van der Waals surface area contributed by atoms with E-state index in [9.17, 15) is 23.1 Å². The molecule has 2 aromatic carbocycles. The maximum atomic E-state index is 13.6. The fraction of sp³-hybridized carbons (Fsp3) is 0.435. The van der Waals surface area contributed by atoms with Gasteiger partial charge in [0, 0.05) is 17.1 Å². The van der Waals surface area contributed by atoms with E-state index in [1.54, 1.807) is 11.0 Å². The number of nitrogens with zero attached hydrogens (tertiary/aromatic N) is 1. The lowest BCUT2D eigenvalue weighted by Crippen LogP contribution is -2.47. The Kier molecular flexibility index (Phi) is 5.24. The Labute approximate surface area is 187 Å². The summed E-state index contributed by atoms with van der Waals surface area (Å²) in [6.45, 7) is 1.19. The molecule has 170 valence electrons. The fourth-order valence-corrected chi connectivity index (χ4v) is 4.54. The van der Waals surface area contributed by atoms with Crippen LogP contribution in [0.25, 0.3) is 0 Å². The molecule has 2 aromatic rings. The molecule has 3 aliphatic rings. The number of anilines is 1. The Morgan fingerprint density at radius 2 is 1.88 bits per heavy atom. The number of amides is 1. The van der Waals surface area contributed by atoms with E-state index < -0.39 is 23.6 Å². The molecule has 5 nitrogen and oxygen atoms in total. The van der Waals surface area contributed by atoms with Gasteiger partial charge in [-0.2, -0.15) is 13.2 Å². The van der Waals surface area contributed by atoms with Gasteiger partial charge in [0.1, 0.15) is 6.10 Å². The fourth-order valence-electron chi connectivity index (χ4n) is 4.37. The minimum Gasteiger partial charge on any atom is -0.384 e. The third-order valence-corrected chi connectivity index (χ3v) is 6.40. The molecule has 1 atom stereocenters. The maximum Gasteiger partial charge on any atom is 0.416 e. The number of aliphatic hydroxyl groups excluding tert-OH is 1. The van der Waals surface area contributed by atoms with Gasteiger partial charge < -0.3 is 19.5 Å². The summed E-state index contributed by atoms with van der Waals surface area (Å²) in [4.78, 5) is 15.0. The molecular weight excluding hydrogens is 447 g/mol. The van der Waals surface area contributed by atoms with Gasteiger partial charge in [-0.3, -0.25) is 4.79 Å². The second-order valence-corrected chi connectivity index (χ2v) is 8.87. The first-order valence-electron chi connectivity index (χ1n) is 10.5. The van der Waals surface area contributed by atoms with Crippen LogP contribution in [0.3, 0.4) is 0 Å². The normalized spacial score (nSPS) is 21.2. The smallest absolute Gasteiger partial charge is 0.384 e. The Morgan fingerprint density at radius 1 is 1.16 bits per heavy atom. The average Bonchev–Trinajstić information content (AvgIpc) is 3.57. The van der Waals surface area contributed by atoms with E-state index in [1.807, 2.05) is 0 Å². The zero-order valence-electron chi connectivity index (χ0n) is 17.0. The first-order valence-corrected chi connectivity index (χ1v) is 10.9. The second-order valence-electron chi connectivity index (χ2n) is 8.43. The van der Waals surface area contributed by atoms with Gasteiger partial charge in [-0.15, -0.1) is 0 Å². The van der Waals surface area contributed by atoms with Gasteiger partial charge in [-0.1, -0.05) is 23.7 Å². The molecule has 0 bridgehead atoms. The van der Waals surface area contributed by atoms with Gasteiger partial charge in [-0.25, -0.2) is 0 Å². The van der Waals surface area contributed by atoms with Crippen molar-refractivity contribution in [1.82, 2.24) is 0 Å². The Balaban J connectivity index is 1.58. The highest BCUT2D eigenvalue weighted by Crippen LogP contribution is 2.48. The SMILES string of the molecule is O=C1N(CC2CC2)c2ccc(C(O)c3ccc(Cl)cc3C(F)(F)F)cc2C12OCCCO2. The number of aliphatic hydroxyl groups is 1. The van der Waals surface area contributed by atoms with Crippen LogP contribution in [0.4, 0.5) is 18.9 Å². The van der Waals surface area contributed by atoms with Gasteiger partial charge in [0.2, 0.25) is 0 Å². The van der Waals surface area contributed by atoms with Crippen molar-refractivity contribution < 1.29 is 32.5 Å². The highest BCUT2D eigenvalue weighted by atomic mass is 35.5. The summed E-state index contributed by atoms with van der Waals surface area (Å²) in [5.74, 6) is -1.53. The van der Waals surface area contributed by atoms with E-state index in [-0.39, 0.29) is 22.1 Å². The number of rotatable bonds is 4. The first-order chi connectivity index (χ1) is 15.2. The van der Waals surface area contributed by atoms with E-state index in [2.05, 4.69) is 0 Å². The summed E-state index contributed by atoms with van der Waals surface area (Å²) < 4.78 is 52.4. The molecule has 1 amide bonds. The van der Waals surface area contributed by atoms with Crippen LogP contribution in [0.15, 0.2) is 36.4 Å². The van der Waals surface area contributed by atoms with Gasteiger partial charge in [0.15, 0.2) is 0 Å². The molecule has 32 heavy (non-hydrogen) atoms. The molecular formula is C23H21ClF3NO4. The van der Waals surface area contributed by atoms with Gasteiger partial charge in [-0.05, 0) is 60.6 Å². The predicted octanol–water partition coefficient (Wildman–Crippen LogP) is 4.79. The van der Waals surface area contributed by atoms with Crippen molar-refractivity contribution in [1.29, 1.82) is 0 Å². The second kappa shape index (κ2) is 7.73. The summed E-state index contributed by atoms with van der Waals surface area (Å²) in [5.41, 5.74) is -0.103. The van der Waals surface area contributed by atoms with Crippen LogP contribution in [-0.4, -0.2) is 30.8 Å². The van der Waals surface area contributed by atoms with Crippen LogP contribution in [0.2, 0.25) is 5.02 Å². The molecule has 2 aliphatic heterocycles. The van der Waals surface area contributed by atoms with Gasteiger partial charge in [0.25, 0.3) is 11.7 Å². The highest BCUT2D eigenvalue weighted by Gasteiger charge is 2.55. The molecule has 1 saturated heterocycles. The number of hydrogen-bond donors (Lipinski definition) is 1. The van der Waals surface area contributed by atoms with Crippen LogP contribution in [0.5, 0.6) is 0 Å². The number of ether oxygens (including phenoxy) is 2. The maximum absolute atomic E-state index is 13.6. The molecule has 2 heterocycles. The summed E-state index contributed by atoms with van der Waals surface area (Å²) in [5, 5.41) is 10.8. The van der Waals surface area contributed by atoms with Crippen molar-refractivity contribution in [2.24, 2.45) is 5.92 Å². The number of fused-ring (bicyclic) bond motifs is 2. The summed E-state index contributed by atoms with van der Waals surface area (Å²) in [6, 6.07) is 7.96. The zero-order valence-corrected chi connectivity index (χ0v) is 17.7. The van der Waals surface area contributed by atoms with E-state index in [1.165, 1.54) is 18.2 Å². The monoisotopic (exact) mass is 467 g/mol. The molecule has 0 aromatic heterocycles. The molecule has 9 heteroatoms. The number of halogens is 4. The van der Waals surface area contributed by atoms with Crippen molar-refractivity contribution in [2.75, 3.05) is 24.7 Å². The molecule has 2 fully saturated rings. The van der Waals surface area contributed by atoms with Crippen LogP contribution in [0, 0.1) is 5.92 Å². The zero-order chi connectivity index (χ0) is 22.7. The Hall–Kier alpha value is -2.13. The predicted molar refractivity (Wildman–Crippen MR) is 110 cm³/mol. The number of benzene rings is 2. The Bertz CT molecular complexity index is 1060. The quantitative estimate of drug-likeness (QED) is 0.702. The van der Waals surface area contributed by atoms with E-state index in [0.717, 1.165) is 25.0 Å². The van der Waals surface area contributed by atoms with E-state index in [0.29, 0.717) is 43.3 Å². The lowest BCUT2D eigenvalue weighted by atomic mass is 9.93. The Morgan fingerprint density at radius 3 is 2.53 bits per heavy atom. The third-order valence-electron chi connectivity index (χ3n) is 6.16. The standard InChI is InChI=1S/C23H21ClF3NO4/c24-15-5-6-16(17(11-15)23(25,26)27)20(29)14-4-7-19-18(10-14)22(31-8-1-9-32-22)21(30)28(19)12-13-2-3-13/h4-7,10-11,13,20,29H,1-3,8-9,12H2. The minimum atomic E-state index is -4.69. The van der Waals surface area contributed by atoms with Crippen LogP contribution in [0.1, 0.15) is 47.6 Å². The lowest BCUT2D eigenvalue weighted by molar-refractivity contribution is -0.256. The van der Waals surface area contributed by atoms with Gasteiger partial charge in [0.05, 0.1) is 24.5 Å². The molecule has 1 N–H and O–H groups in total. The topological polar surface area (TPSA) is 59.0 Å². The molecule has 1 unspecified atom stereocenters. The third kappa shape index (κ3) is 3.59.